The Kier molecular flexibility index (Phi) is 4.06. The zero-order valence-electron chi connectivity index (χ0n) is 10.2. The molecule has 2 rings (SSSR count). The van der Waals surface area contributed by atoms with E-state index in [0.29, 0.717) is 11.9 Å². The van der Waals surface area contributed by atoms with Gasteiger partial charge in [-0.25, -0.2) is 0 Å². The minimum absolute atomic E-state index is 0.162. The van der Waals surface area contributed by atoms with Crippen LogP contribution < -0.4 is 0 Å². The number of halogens is 1. The Morgan fingerprint density at radius 3 is 2.47 bits per heavy atom. The molecule has 1 aromatic carbocycles. The lowest BCUT2D eigenvalue weighted by Gasteiger charge is -2.21. The van der Waals surface area contributed by atoms with Gasteiger partial charge in [-0.05, 0) is 37.0 Å². The van der Waals surface area contributed by atoms with Gasteiger partial charge >= 0.3 is 0 Å². The summed E-state index contributed by atoms with van der Waals surface area (Å²) in [4.78, 5) is 14.3. The van der Waals surface area contributed by atoms with Gasteiger partial charge in [-0.1, -0.05) is 19.1 Å². The molecule has 0 atom stereocenters. The number of amides is 1. The fourth-order valence-electron chi connectivity index (χ4n) is 1.98. The molecule has 0 aliphatic heterocycles. The maximum atomic E-state index is 12.3. The molecule has 1 saturated carbocycles. The van der Waals surface area contributed by atoms with Gasteiger partial charge in [0.25, 0.3) is 5.91 Å². The summed E-state index contributed by atoms with van der Waals surface area (Å²) in [5.41, 5.74) is 1.83. The minimum Gasteiger partial charge on any atom is -0.336 e. The highest BCUT2D eigenvalue weighted by Gasteiger charge is 2.32. The molecule has 0 radical (unpaired) electrons. The van der Waals surface area contributed by atoms with Crippen molar-refractivity contribution in [3.8, 4) is 0 Å². The lowest BCUT2D eigenvalue weighted by atomic mass is 10.1. The molecule has 0 aromatic heterocycles. The van der Waals surface area contributed by atoms with Crippen molar-refractivity contribution >= 4 is 17.5 Å². The summed E-state index contributed by atoms with van der Waals surface area (Å²) in [6, 6.07) is 8.10. The molecule has 0 bridgehead atoms. The molecule has 17 heavy (non-hydrogen) atoms. The van der Waals surface area contributed by atoms with Crippen molar-refractivity contribution in [3.05, 3.63) is 35.4 Å². The van der Waals surface area contributed by atoms with E-state index in [1.807, 2.05) is 29.2 Å². The molecule has 2 nitrogen and oxygen atoms in total. The third kappa shape index (κ3) is 3.01. The molecule has 0 heterocycles. The molecule has 1 fully saturated rings. The normalized spacial score (nSPS) is 14.7. The zero-order chi connectivity index (χ0) is 12.3. The van der Waals surface area contributed by atoms with Crippen LogP contribution in [0.15, 0.2) is 24.3 Å². The third-order valence-electron chi connectivity index (χ3n) is 3.07. The first-order chi connectivity index (χ1) is 8.26. The van der Waals surface area contributed by atoms with Crippen molar-refractivity contribution in [2.24, 2.45) is 0 Å². The van der Waals surface area contributed by atoms with Gasteiger partial charge in [0.2, 0.25) is 0 Å². The highest BCUT2D eigenvalue weighted by atomic mass is 35.5. The lowest BCUT2D eigenvalue weighted by molar-refractivity contribution is 0.0743. The number of carbonyl (C=O) groups is 1. The van der Waals surface area contributed by atoms with Crippen LogP contribution in [-0.2, 0) is 5.88 Å². The fraction of sp³-hybridized carbons (Fsp3) is 0.500. The maximum absolute atomic E-state index is 12.3. The first-order valence-electron chi connectivity index (χ1n) is 6.22. The van der Waals surface area contributed by atoms with Gasteiger partial charge in [0.1, 0.15) is 0 Å². The van der Waals surface area contributed by atoms with Crippen LogP contribution in [0.4, 0.5) is 0 Å². The van der Waals surface area contributed by atoms with Gasteiger partial charge in [0.15, 0.2) is 0 Å². The number of alkyl halides is 1. The standard InChI is InChI=1S/C14H18ClNO/c1-2-9-16(13-7-8-13)14(17)12-5-3-11(10-15)4-6-12/h3-6,13H,2,7-10H2,1H3. The van der Waals surface area contributed by atoms with E-state index in [2.05, 4.69) is 6.92 Å². The molecule has 1 aliphatic carbocycles. The van der Waals surface area contributed by atoms with Crippen LogP contribution in [0.3, 0.4) is 0 Å². The van der Waals surface area contributed by atoms with Crippen molar-refractivity contribution in [1.82, 2.24) is 4.90 Å². The van der Waals surface area contributed by atoms with Gasteiger partial charge in [0, 0.05) is 24.0 Å². The number of hydrogen-bond donors (Lipinski definition) is 0. The first kappa shape index (κ1) is 12.4. The highest BCUT2D eigenvalue weighted by Crippen LogP contribution is 2.28. The Morgan fingerprint density at radius 1 is 1.35 bits per heavy atom. The average Bonchev–Trinajstić information content (AvgIpc) is 3.19. The summed E-state index contributed by atoms with van der Waals surface area (Å²) in [5, 5.41) is 0. The summed E-state index contributed by atoms with van der Waals surface area (Å²) < 4.78 is 0. The number of carbonyl (C=O) groups excluding carboxylic acids is 1. The van der Waals surface area contributed by atoms with Gasteiger partial charge < -0.3 is 4.90 Å². The van der Waals surface area contributed by atoms with Crippen LogP contribution >= 0.6 is 11.6 Å². The minimum atomic E-state index is 0.162. The van der Waals surface area contributed by atoms with Gasteiger partial charge in [0.05, 0.1) is 0 Å². The van der Waals surface area contributed by atoms with Crippen LogP contribution in [0, 0.1) is 0 Å². The molecule has 1 aliphatic rings. The Morgan fingerprint density at radius 2 is 2.00 bits per heavy atom. The smallest absolute Gasteiger partial charge is 0.254 e. The molecule has 1 amide bonds. The molecular formula is C14H18ClNO. The van der Waals surface area contributed by atoms with Crippen molar-refractivity contribution in [3.63, 3.8) is 0 Å². The zero-order valence-corrected chi connectivity index (χ0v) is 10.9. The lowest BCUT2D eigenvalue weighted by Crippen LogP contribution is -2.33. The van der Waals surface area contributed by atoms with Crippen molar-refractivity contribution in [2.45, 2.75) is 38.1 Å². The van der Waals surface area contributed by atoms with Crippen LogP contribution in [0.5, 0.6) is 0 Å². The van der Waals surface area contributed by atoms with Crippen LogP contribution in [0.1, 0.15) is 42.1 Å². The van der Waals surface area contributed by atoms with E-state index in [9.17, 15) is 4.79 Å². The summed E-state index contributed by atoms with van der Waals surface area (Å²) in [5.74, 6) is 0.658. The highest BCUT2D eigenvalue weighted by molar-refractivity contribution is 6.17. The predicted molar refractivity (Wildman–Crippen MR) is 70.3 cm³/mol. The Labute approximate surface area is 108 Å². The molecule has 3 heteroatoms. The molecule has 0 N–H and O–H groups in total. The molecule has 0 saturated heterocycles. The van der Waals surface area contributed by atoms with Gasteiger partial charge in [-0.2, -0.15) is 0 Å². The third-order valence-corrected chi connectivity index (χ3v) is 3.38. The summed E-state index contributed by atoms with van der Waals surface area (Å²) in [6.45, 7) is 2.97. The molecule has 0 spiro atoms. The number of hydrogen-bond acceptors (Lipinski definition) is 1. The molecular weight excluding hydrogens is 234 g/mol. The topological polar surface area (TPSA) is 20.3 Å². The average molecular weight is 252 g/mol. The van der Waals surface area contributed by atoms with Crippen LogP contribution in [0.25, 0.3) is 0 Å². The van der Waals surface area contributed by atoms with Crippen molar-refractivity contribution in [2.75, 3.05) is 6.54 Å². The van der Waals surface area contributed by atoms with Gasteiger partial charge in [-0.15, -0.1) is 11.6 Å². The van der Waals surface area contributed by atoms with E-state index >= 15 is 0 Å². The van der Waals surface area contributed by atoms with E-state index < -0.39 is 0 Å². The van der Waals surface area contributed by atoms with E-state index in [4.69, 9.17) is 11.6 Å². The Balaban J connectivity index is 2.10. The van der Waals surface area contributed by atoms with E-state index in [-0.39, 0.29) is 5.91 Å². The number of benzene rings is 1. The molecule has 1 aromatic rings. The van der Waals surface area contributed by atoms with Crippen LogP contribution in [0.2, 0.25) is 0 Å². The first-order valence-corrected chi connectivity index (χ1v) is 6.75. The molecule has 0 unspecified atom stereocenters. The quantitative estimate of drug-likeness (QED) is 0.734. The summed E-state index contributed by atoms with van der Waals surface area (Å²) >= 11 is 5.74. The Bertz CT molecular complexity index is 384. The Hall–Kier alpha value is -1.02. The largest absolute Gasteiger partial charge is 0.336 e. The fourth-order valence-corrected chi connectivity index (χ4v) is 2.16. The summed E-state index contributed by atoms with van der Waals surface area (Å²) in [7, 11) is 0. The molecule has 92 valence electrons. The number of rotatable bonds is 5. The maximum Gasteiger partial charge on any atom is 0.254 e. The number of nitrogens with zero attached hydrogens (tertiary/aromatic N) is 1. The second-order valence-corrected chi connectivity index (χ2v) is 4.83. The van der Waals surface area contributed by atoms with Crippen LogP contribution in [-0.4, -0.2) is 23.4 Å². The second-order valence-electron chi connectivity index (χ2n) is 4.56. The predicted octanol–water partition coefficient (Wildman–Crippen LogP) is 3.44. The van der Waals surface area contributed by atoms with E-state index in [1.165, 1.54) is 0 Å². The second kappa shape index (κ2) is 5.54. The van der Waals surface area contributed by atoms with Crippen molar-refractivity contribution < 1.29 is 4.79 Å². The van der Waals surface area contributed by atoms with E-state index in [1.54, 1.807) is 0 Å². The SMILES string of the molecule is CCCN(C(=O)c1ccc(CCl)cc1)C1CC1. The van der Waals surface area contributed by atoms with Crippen molar-refractivity contribution in [1.29, 1.82) is 0 Å². The monoisotopic (exact) mass is 251 g/mol. The summed E-state index contributed by atoms with van der Waals surface area (Å²) in [6.07, 6.45) is 3.33. The van der Waals surface area contributed by atoms with E-state index in [0.717, 1.165) is 36.9 Å². The van der Waals surface area contributed by atoms with Gasteiger partial charge in [-0.3, -0.25) is 4.79 Å².